The maximum atomic E-state index is 12.6. The first-order valence-electron chi connectivity index (χ1n) is 8.24. The SMILES string of the molecule is COc1ccc(S(=O)(=O)NC(Cc2cn(C)c3ccccc23)C(=O)O)cc1. The minimum absolute atomic E-state index is 0.0209. The van der Waals surface area contributed by atoms with Crippen molar-refractivity contribution >= 4 is 26.9 Å². The van der Waals surface area contributed by atoms with E-state index in [0.29, 0.717) is 5.75 Å². The fourth-order valence-electron chi connectivity index (χ4n) is 3.00. The molecule has 0 radical (unpaired) electrons. The van der Waals surface area contributed by atoms with E-state index in [4.69, 9.17) is 4.74 Å². The molecule has 2 aromatic carbocycles. The van der Waals surface area contributed by atoms with E-state index in [1.54, 1.807) is 0 Å². The van der Waals surface area contributed by atoms with Crippen LogP contribution < -0.4 is 9.46 Å². The number of nitrogens with zero attached hydrogens (tertiary/aromatic N) is 1. The van der Waals surface area contributed by atoms with E-state index in [9.17, 15) is 18.3 Å². The molecule has 3 aromatic rings. The average Bonchev–Trinajstić information content (AvgIpc) is 2.97. The number of aromatic nitrogens is 1. The van der Waals surface area contributed by atoms with Crippen LogP contribution in [-0.2, 0) is 28.3 Å². The van der Waals surface area contributed by atoms with Crippen LogP contribution in [0.3, 0.4) is 0 Å². The van der Waals surface area contributed by atoms with E-state index in [0.717, 1.165) is 16.5 Å². The number of methoxy groups -OCH3 is 1. The second-order valence-electron chi connectivity index (χ2n) is 6.17. The summed E-state index contributed by atoms with van der Waals surface area (Å²) in [5, 5.41) is 10.5. The number of sulfonamides is 1. The zero-order chi connectivity index (χ0) is 19.6. The van der Waals surface area contributed by atoms with Gasteiger partial charge in [-0.25, -0.2) is 8.42 Å². The van der Waals surface area contributed by atoms with Crippen LogP contribution in [0.5, 0.6) is 5.75 Å². The third kappa shape index (κ3) is 3.96. The standard InChI is InChI=1S/C19H20N2O5S/c1-21-12-13(16-5-3-4-6-18(16)21)11-17(19(22)23)20-27(24,25)15-9-7-14(26-2)8-10-15/h3-10,12,17,20H,11H2,1-2H3,(H,22,23). The predicted octanol–water partition coefficient (Wildman–Crippen LogP) is 2.16. The van der Waals surface area contributed by atoms with Crippen molar-refractivity contribution in [3.8, 4) is 5.75 Å². The van der Waals surface area contributed by atoms with Crippen molar-refractivity contribution in [3.05, 3.63) is 60.3 Å². The molecule has 2 N–H and O–H groups in total. The van der Waals surface area contributed by atoms with Crippen LogP contribution in [0.15, 0.2) is 59.6 Å². The van der Waals surface area contributed by atoms with E-state index < -0.39 is 22.0 Å². The number of aliphatic carboxylic acids is 1. The molecular weight excluding hydrogens is 368 g/mol. The maximum absolute atomic E-state index is 12.6. The molecule has 1 atom stereocenters. The summed E-state index contributed by atoms with van der Waals surface area (Å²) in [5.74, 6) is -0.723. The Bertz CT molecular complexity index is 1070. The monoisotopic (exact) mass is 388 g/mol. The number of carboxylic acids is 1. The van der Waals surface area contributed by atoms with Gasteiger partial charge in [-0.3, -0.25) is 4.79 Å². The van der Waals surface area contributed by atoms with Crippen LogP contribution >= 0.6 is 0 Å². The molecule has 0 aliphatic carbocycles. The second-order valence-corrected chi connectivity index (χ2v) is 7.89. The minimum atomic E-state index is -3.99. The molecule has 1 unspecified atom stereocenters. The number of carbonyl (C=O) groups is 1. The number of para-hydroxylation sites is 1. The van der Waals surface area contributed by atoms with Crippen LogP contribution in [0.25, 0.3) is 10.9 Å². The first-order valence-corrected chi connectivity index (χ1v) is 9.72. The van der Waals surface area contributed by atoms with Gasteiger partial charge < -0.3 is 14.4 Å². The summed E-state index contributed by atoms with van der Waals surface area (Å²) in [7, 11) is -0.646. The molecule has 1 heterocycles. The molecule has 0 bridgehead atoms. The normalized spacial score (nSPS) is 12.8. The number of benzene rings is 2. The lowest BCUT2D eigenvalue weighted by molar-refractivity contribution is -0.138. The highest BCUT2D eigenvalue weighted by Gasteiger charge is 2.26. The number of nitrogens with one attached hydrogen (secondary N) is 1. The molecule has 0 saturated carbocycles. The second kappa shape index (κ2) is 7.42. The molecule has 27 heavy (non-hydrogen) atoms. The predicted molar refractivity (Wildman–Crippen MR) is 101 cm³/mol. The molecule has 142 valence electrons. The first-order chi connectivity index (χ1) is 12.8. The quantitative estimate of drug-likeness (QED) is 0.646. The average molecular weight is 388 g/mol. The summed E-state index contributed by atoms with van der Waals surface area (Å²) in [5.41, 5.74) is 1.72. The lowest BCUT2D eigenvalue weighted by atomic mass is 10.1. The Hall–Kier alpha value is -2.84. The third-order valence-electron chi connectivity index (χ3n) is 4.37. The van der Waals surface area contributed by atoms with Gasteiger partial charge in [-0.05, 0) is 35.9 Å². The van der Waals surface area contributed by atoms with Gasteiger partial charge >= 0.3 is 5.97 Å². The third-order valence-corrected chi connectivity index (χ3v) is 5.86. The Morgan fingerprint density at radius 3 is 2.48 bits per heavy atom. The lowest BCUT2D eigenvalue weighted by Gasteiger charge is -2.15. The van der Waals surface area contributed by atoms with Crippen LogP contribution in [-0.4, -0.2) is 37.2 Å². The fourth-order valence-corrected chi connectivity index (χ4v) is 4.19. The number of hydrogen-bond acceptors (Lipinski definition) is 4. The Kier molecular flexibility index (Phi) is 5.20. The zero-order valence-corrected chi connectivity index (χ0v) is 15.7. The number of hydrogen-bond donors (Lipinski definition) is 2. The highest BCUT2D eigenvalue weighted by Crippen LogP contribution is 2.22. The number of ether oxygens (including phenoxy) is 1. The molecular formula is C19H20N2O5S. The van der Waals surface area contributed by atoms with Crippen molar-refractivity contribution < 1.29 is 23.1 Å². The van der Waals surface area contributed by atoms with Crippen molar-refractivity contribution in [2.75, 3.05) is 7.11 Å². The van der Waals surface area contributed by atoms with Crippen LogP contribution in [0.1, 0.15) is 5.56 Å². The van der Waals surface area contributed by atoms with Crippen molar-refractivity contribution in [3.63, 3.8) is 0 Å². The summed E-state index contributed by atoms with van der Waals surface area (Å²) >= 11 is 0. The smallest absolute Gasteiger partial charge is 0.322 e. The molecule has 0 aliphatic rings. The van der Waals surface area contributed by atoms with E-state index in [1.807, 2.05) is 42.1 Å². The van der Waals surface area contributed by atoms with Gasteiger partial charge in [0.25, 0.3) is 0 Å². The molecule has 0 saturated heterocycles. The van der Waals surface area contributed by atoms with Gasteiger partial charge in [0, 0.05) is 30.6 Å². The maximum Gasteiger partial charge on any atom is 0.322 e. The zero-order valence-electron chi connectivity index (χ0n) is 14.9. The molecule has 3 rings (SSSR count). The first kappa shape index (κ1) is 18.9. The summed E-state index contributed by atoms with van der Waals surface area (Å²) in [6.45, 7) is 0. The fraction of sp³-hybridized carbons (Fsp3) is 0.211. The van der Waals surface area contributed by atoms with Crippen molar-refractivity contribution in [2.24, 2.45) is 7.05 Å². The van der Waals surface area contributed by atoms with Gasteiger partial charge in [0.1, 0.15) is 11.8 Å². The van der Waals surface area contributed by atoms with Gasteiger partial charge in [-0.15, -0.1) is 0 Å². The van der Waals surface area contributed by atoms with E-state index in [-0.39, 0.29) is 11.3 Å². The Morgan fingerprint density at radius 1 is 1.19 bits per heavy atom. The van der Waals surface area contributed by atoms with E-state index >= 15 is 0 Å². The van der Waals surface area contributed by atoms with Crippen LogP contribution in [0.2, 0.25) is 0 Å². The van der Waals surface area contributed by atoms with Crippen molar-refractivity contribution in [1.29, 1.82) is 0 Å². The van der Waals surface area contributed by atoms with Gasteiger partial charge in [0.05, 0.1) is 12.0 Å². The summed E-state index contributed by atoms with van der Waals surface area (Å²) in [6, 6.07) is 12.1. The molecule has 0 amide bonds. The Morgan fingerprint density at radius 2 is 1.85 bits per heavy atom. The van der Waals surface area contributed by atoms with Gasteiger partial charge in [-0.2, -0.15) is 4.72 Å². The van der Waals surface area contributed by atoms with Crippen molar-refractivity contribution in [1.82, 2.24) is 9.29 Å². The summed E-state index contributed by atoms with van der Waals surface area (Å²) in [6.07, 6.45) is 1.86. The number of fused-ring (bicyclic) bond motifs is 1. The molecule has 0 fully saturated rings. The lowest BCUT2D eigenvalue weighted by Crippen LogP contribution is -2.42. The topological polar surface area (TPSA) is 97.6 Å². The van der Waals surface area contributed by atoms with E-state index in [2.05, 4.69) is 4.72 Å². The summed E-state index contributed by atoms with van der Waals surface area (Å²) < 4.78 is 34.4. The number of carboxylic acid groups (broad SMARTS) is 1. The minimum Gasteiger partial charge on any atom is -0.497 e. The summed E-state index contributed by atoms with van der Waals surface area (Å²) in [4.78, 5) is 11.7. The Balaban J connectivity index is 1.88. The largest absolute Gasteiger partial charge is 0.497 e. The van der Waals surface area contributed by atoms with Crippen LogP contribution in [0.4, 0.5) is 0 Å². The highest BCUT2D eigenvalue weighted by molar-refractivity contribution is 7.89. The Labute approximate surface area is 157 Å². The van der Waals surface area contributed by atoms with Gasteiger partial charge in [0.2, 0.25) is 10.0 Å². The van der Waals surface area contributed by atoms with Crippen LogP contribution in [0, 0.1) is 0 Å². The van der Waals surface area contributed by atoms with Gasteiger partial charge in [-0.1, -0.05) is 18.2 Å². The van der Waals surface area contributed by atoms with E-state index in [1.165, 1.54) is 31.4 Å². The molecule has 0 aliphatic heterocycles. The molecule has 8 heteroatoms. The highest BCUT2D eigenvalue weighted by atomic mass is 32.2. The molecule has 1 aromatic heterocycles. The van der Waals surface area contributed by atoms with Gasteiger partial charge in [0.15, 0.2) is 0 Å². The molecule has 0 spiro atoms. The molecule has 7 nitrogen and oxygen atoms in total. The van der Waals surface area contributed by atoms with Crippen molar-refractivity contribution in [2.45, 2.75) is 17.4 Å². The number of aryl methyl sites for hydroxylation is 1. The number of rotatable bonds is 7.